The number of rotatable bonds is 6. The number of carbonyl (C=O) groups excluding carboxylic acids is 1. The van der Waals surface area contributed by atoms with Crippen molar-refractivity contribution < 1.29 is 17.9 Å². The van der Waals surface area contributed by atoms with Crippen LogP contribution < -0.4 is 5.32 Å². The minimum atomic E-state index is -3.42. The molecule has 3 rings (SSSR count). The highest BCUT2D eigenvalue weighted by Gasteiger charge is 2.22. The van der Waals surface area contributed by atoms with Crippen LogP contribution in [-0.2, 0) is 21.1 Å². The Balaban J connectivity index is 1.58. The van der Waals surface area contributed by atoms with E-state index in [2.05, 4.69) is 22.3 Å². The lowest BCUT2D eigenvalue weighted by Gasteiger charge is -2.33. The summed E-state index contributed by atoms with van der Waals surface area (Å²) >= 11 is 6.08. The summed E-state index contributed by atoms with van der Waals surface area (Å²) in [5.41, 5.74) is 1.37. The Hall–Kier alpha value is -1.93. The molecule has 2 aromatic carbocycles. The summed E-state index contributed by atoms with van der Waals surface area (Å²) in [7, 11) is -3.42. The van der Waals surface area contributed by atoms with Crippen LogP contribution in [-0.4, -0.2) is 57.8 Å². The Labute approximate surface area is 170 Å². The number of nitrogens with zero attached hydrogens (tertiary/aromatic N) is 1. The third kappa shape index (κ3) is 5.54. The highest BCUT2D eigenvalue weighted by molar-refractivity contribution is 7.90. The first-order valence-corrected chi connectivity index (χ1v) is 11.3. The number of amides is 1. The molecule has 1 aliphatic rings. The van der Waals surface area contributed by atoms with Crippen LogP contribution in [0.5, 0.6) is 0 Å². The first kappa shape index (κ1) is 20.8. The number of ether oxygens (including phenoxy) is 1. The topological polar surface area (TPSA) is 75.7 Å². The number of carbonyl (C=O) groups is 1. The lowest BCUT2D eigenvalue weighted by atomic mass is 10.1. The van der Waals surface area contributed by atoms with Crippen LogP contribution in [0.4, 0.5) is 0 Å². The second-order valence-corrected chi connectivity index (χ2v) is 9.26. The normalized spacial score (nSPS) is 18.0. The van der Waals surface area contributed by atoms with E-state index in [1.54, 1.807) is 0 Å². The Morgan fingerprint density at radius 2 is 2.00 bits per heavy atom. The maximum atomic E-state index is 12.5. The molecule has 0 aromatic heterocycles. The van der Waals surface area contributed by atoms with Gasteiger partial charge in [-0.2, -0.15) is 0 Å². The van der Waals surface area contributed by atoms with Crippen molar-refractivity contribution in [2.75, 3.05) is 32.5 Å². The molecule has 0 aliphatic carbocycles. The summed E-state index contributed by atoms with van der Waals surface area (Å²) in [6.07, 6.45) is 0.952. The van der Waals surface area contributed by atoms with Crippen molar-refractivity contribution in [3.05, 3.63) is 64.7 Å². The highest BCUT2D eigenvalue weighted by atomic mass is 35.5. The molecule has 1 fully saturated rings. The molecule has 1 heterocycles. The lowest BCUT2D eigenvalue weighted by Crippen LogP contribution is -2.47. The largest absolute Gasteiger partial charge is 0.374 e. The Morgan fingerprint density at radius 3 is 2.71 bits per heavy atom. The van der Waals surface area contributed by atoms with Crippen molar-refractivity contribution in [3.8, 4) is 0 Å². The van der Waals surface area contributed by atoms with E-state index in [9.17, 15) is 13.2 Å². The van der Waals surface area contributed by atoms with Crippen LogP contribution in [0.2, 0.25) is 5.02 Å². The number of hydrogen-bond donors (Lipinski definition) is 1. The van der Waals surface area contributed by atoms with Crippen molar-refractivity contribution in [2.24, 2.45) is 0 Å². The molecular formula is C20H23ClN2O4S. The number of benzene rings is 2. The van der Waals surface area contributed by atoms with E-state index in [0.717, 1.165) is 19.3 Å². The summed E-state index contributed by atoms with van der Waals surface area (Å²) in [6, 6.07) is 14.3. The standard InChI is InChI=1S/C20H23ClN2O4S/c1-28(25,26)17-7-8-19(21)18(11-17)20(24)22-12-16-14-23(9-10-27-16)13-15-5-3-2-4-6-15/h2-8,11,16H,9-10,12-14H2,1H3,(H,22,24). The van der Waals surface area contributed by atoms with E-state index in [4.69, 9.17) is 16.3 Å². The van der Waals surface area contributed by atoms with Gasteiger partial charge in [0.1, 0.15) is 0 Å². The fourth-order valence-corrected chi connectivity index (χ4v) is 3.95. The van der Waals surface area contributed by atoms with Crippen molar-refractivity contribution in [2.45, 2.75) is 17.5 Å². The second-order valence-electron chi connectivity index (χ2n) is 6.84. The smallest absolute Gasteiger partial charge is 0.252 e. The molecular weight excluding hydrogens is 400 g/mol. The summed E-state index contributed by atoms with van der Waals surface area (Å²) in [5.74, 6) is -0.417. The Bertz CT molecular complexity index is 934. The molecule has 1 amide bonds. The number of hydrogen-bond acceptors (Lipinski definition) is 5. The molecule has 1 saturated heterocycles. The third-order valence-corrected chi connectivity index (χ3v) is 6.01. The molecule has 8 heteroatoms. The number of morpholine rings is 1. The van der Waals surface area contributed by atoms with Gasteiger partial charge in [0, 0.05) is 32.4 Å². The third-order valence-electron chi connectivity index (χ3n) is 4.57. The van der Waals surface area contributed by atoms with E-state index < -0.39 is 15.7 Å². The van der Waals surface area contributed by atoms with Gasteiger partial charge in [-0.25, -0.2) is 8.42 Å². The minimum Gasteiger partial charge on any atom is -0.374 e. The molecule has 1 N–H and O–H groups in total. The van der Waals surface area contributed by atoms with Crippen LogP contribution in [0.25, 0.3) is 0 Å². The number of nitrogens with one attached hydrogen (secondary N) is 1. The fourth-order valence-electron chi connectivity index (χ4n) is 3.10. The minimum absolute atomic E-state index is 0.0602. The van der Waals surface area contributed by atoms with Crippen molar-refractivity contribution in [3.63, 3.8) is 0 Å². The van der Waals surface area contributed by atoms with Gasteiger partial charge < -0.3 is 10.1 Å². The molecule has 1 atom stereocenters. The van der Waals surface area contributed by atoms with Gasteiger partial charge in [-0.05, 0) is 23.8 Å². The summed E-state index contributed by atoms with van der Waals surface area (Å²) in [5, 5.41) is 3.01. The lowest BCUT2D eigenvalue weighted by molar-refractivity contribution is -0.0292. The van der Waals surface area contributed by atoms with E-state index in [0.29, 0.717) is 19.7 Å². The second kappa shape index (κ2) is 9.05. The van der Waals surface area contributed by atoms with Gasteiger partial charge in [-0.15, -0.1) is 0 Å². The van der Waals surface area contributed by atoms with E-state index in [1.165, 1.54) is 23.8 Å². The van der Waals surface area contributed by atoms with E-state index in [-0.39, 0.29) is 21.6 Å². The molecule has 150 valence electrons. The molecule has 2 aromatic rings. The molecule has 1 unspecified atom stereocenters. The molecule has 0 bridgehead atoms. The van der Waals surface area contributed by atoms with Gasteiger partial charge >= 0.3 is 0 Å². The van der Waals surface area contributed by atoms with Gasteiger partial charge in [0.15, 0.2) is 9.84 Å². The number of halogens is 1. The van der Waals surface area contributed by atoms with Gasteiger partial charge in [-0.1, -0.05) is 41.9 Å². The first-order chi connectivity index (χ1) is 13.3. The Morgan fingerprint density at radius 1 is 1.25 bits per heavy atom. The van der Waals surface area contributed by atoms with Crippen molar-refractivity contribution >= 4 is 27.3 Å². The van der Waals surface area contributed by atoms with Crippen molar-refractivity contribution in [1.29, 1.82) is 0 Å². The monoisotopic (exact) mass is 422 g/mol. The molecule has 0 saturated carbocycles. The molecule has 0 radical (unpaired) electrons. The van der Waals surface area contributed by atoms with Gasteiger partial charge in [-0.3, -0.25) is 9.69 Å². The number of sulfone groups is 1. The van der Waals surface area contributed by atoms with Crippen LogP contribution >= 0.6 is 11.6 Å². The molecule has 1 aliphatic heterocycles. The van der Waals surface area contributed by atoms with Gasteiger partial charge in [0.2, 0.25) is 0 Å². The van der Waals surface area contributed by atoms with Crippen LogP contribution in [0.15, 0.2) is 53.4 Å². The zero-order valence-corrected chi connectivity index (χ0v) is 17.2. The first-order valence-electron chi connectivity index (χ1n) is 8.98. The zero-order valence-electron chi connectivity index (χ0n) is 15.6. The highest BCUT2D eigenvalue weighted by Crippen LogP contribution is 2.20. The van der Waals surface area contributed by atoms with Gasteiger partial charge in [0.05, 0.1) is 28.2 Å². The van der Waals surface area contributed by atoms with Crippen LogP contribution in [0.1, 0.15) is 15.9 Å². The molecule has 28 heavy (non-hydrogen) atoms. The molecule has 6 nitrogen and oxygen atoms in total. The Kier molecular flexibility index (Phi) is 6.72. The predicted molar refractivity (Wildman–Crippen MR) is 108 cm³/mol. The maximum Gasteiger partial charge on any atom is 0.252 e. The van der Waals surface area contributed by atoms with Crippen molar-refractivity contribution in [1.82, 2.24) is 10.2 Å². The quantitative estimate of drug-likeness (QED) is 0.773. The average molecular weight is 423 g/mol. The summed E-state index contributed by atoms with van der Waals surface area (Å²) < 4.78 is 29.2. The van der Waals surface area contributed by atoms with E-state index in [1.807, 2.05) is 18.2 Å². The van der Waals surface area contributed by atoms with Crippen LogP contribution in [0.3, 0.4) is 0 Å². The van der Waals surface area contributed by atoms with E-state index >= 15 is 0 Å². The summed E-state index contributed by atoms with van der Waals surface area (Å²) in [4.78, 5) is 14.8. The predicted octanol–water partition coefficient (Wildman–Crippen LogP) is 2.37. The zero-order chi connectivity index (χ0) is 20.1. The molecule has 0 spiro atoms. The summed E-state index contributed by atoms with van der Waals surface area (Å²) in [6.45, 7) is 3.28. The maximum absolute atomic E-state index is 12.5. The van der Waals surface area contributed by atoms with Crippen LogP contribution in [0, 0.1) is 0 Å². The SMILES string of the molecule is CS(=O)(=O)c1ccc(Cl)c(C(=O)NCC2CN(Cc3ccccc3)CCO2)c1. The fraction of sp³-hybridized carbons (Fsp3) is 0.350. The van der Waals surface area contributed by atoms with Gasteiger partial charge in [0.25, 0.3) is 5.91 Å². The average Bonchev–Trinajstić information content (AvgIpc) is 2.67.